The van der Waals surface area contributed by atoms with Gasteiger partial charge in [0.2, 0.25) is 0 Å². The van der Waals surface area contributed by atoms with E-state index < -0.39 is 54.6 Å². The van der Waals surface area contributed by atoms with Gasteiger partial charge < -0.3 is 28.4 Å². The minimum atomic E-state index is -1.29. The summed E-state index contributed by atoms with van der Waals surface area (Å²) in [5.74, 6) is -2.76. The molecule has 1 aromatic rings. The average Bonchev–Trinajstić information content (AvgIpc) is 2.78. The Hall–Kier alpha value is -3.75. The van der Waals surface area contributed by atoms with E-state index in [4.69, 9.17) is 33.7 Å². The normalized spacial score (nSPS) is 23.7. The SMILES string of the molecule is CC(=O)OC[C@H]1O[C@@H](OC/C=C/c2ccc(C#N)cc2)[C@H](OC(C)=O)[C@@H](OC(C)=O)[C@@H]1OC(C)=O. The zero-order chi connectivity index (χ0) is 26.0. The van der Waals surface area contributed by atoms with Crippen LogP contribution in [0.25, 0.3) is 6.08 Å². The predicted octanol–water partition coefficient (Wildman–Crippen LogP) is 1.67. The number of nitriles is 1. The van der Waals surface area contributed by atoms with Gasteiger partial charge in [-0.3, -0.25) is 19.2 Å². The van der Waals surface area contributed by atoms with Crippen LogP contribution in [-0.2, 0) is 47.6 Å². The number of hydrogen-bond donors (Lipinski definition) is 0. The van der Waals surface area contributed by atoms with Crippen molar-refractivity contribution in [1.29, 1.82) is 5.26 Å². The van der Waals surface area contributed by atoms with E-state index in [0.29, 0.717) is 5.56 Å². The second kappa shape index (κ2) is 13.2. The lowest BCUT2D eigenvalue weighted by Crippen LogP contribution is -2.62. The van der Waals surface area contributed by atoms with Gasteiger partial charge in [0.1, 0.15) is 12.7 Å². The predicted molar refractivity (Wildman–Crippen MR) is 118 cm³/mol. The third kappa shape index (κ3) is 8.84. The quantitative estimate of drug-likeness (QED) is 0.368. The zero-order valence-corrected chi connectivity index (χ0v) is 19.8. The maximum Gasteiger partial charge on any atom is 0.303 e. The van der Waals surface area contributed by atoms with E-state index in [1.165, 1.54) is 6.92 Å². The van der Waals surface area contributed by atoms with Crippen molar-refractivity contribution in [2.24, 2.45) is 0 Å². The van der Waals surface area contributed by atoms with Gasteiger partial charge in [-0.15, -0.1) is 0 Å². The summed E-state index contributed by atoms with van der Waals surface area (Å²) in [4.78, 5) is 46.7. The molecule has 0 radical (unpaired) electrons. The van der Waals surface area contributed by atoms with Crippen molar-refractivity contribution in [3.8, 4) is 6.07 Å². The summed E-state index contributed by atoms with van der Waals surface area (Å²) in [5, 5.41) is 8.88. The maximum absolute atomic E-state index is 11.8. The van der Waals surface area contributed by atoms with Crippen molar-refractivity contribution in [2.75, 3.05) is 13.2 Å². The molecule has 1 aromatic carbocycles. The monoisotopic (exact) mass is 489 g/mol. The summed E-state index contributed by atoms with van der Waals surface area (Å²) >= 11 is 0. The average molecular weight is 489 g/mol. The molecule has 1 aliphatic rings. The number of carbonyl (C=O) groups is 4. The second-order valence-corrected chi connectivity index (χ2v) is 7.54. The lowest BCUT2D eigenvalue weighted by molar-refractivity contribution is -0.305. The molecule has 0 bridgehead atoms. The Balaban J connectivity index is 2.26. The lowest BCUT2D eigenvalue weighted by Gasteiger charge is -2.43. The largest absolute Gasteiger partial charge is 0.463 e. The molecule has 1 heterocycles. The molecule has 0 saturated carbocycles. The van der Waals surface area contributed by atoms with Gasteiger partial charge in [0.05, 0.1) is 18.2 Å². The second-order valence-electron chi connectivity index (χ2n) is 7.54. The molecule has 5 atom stereocenters. The fourth-order valence-electron chi connectivity index (χ4n) is 3.33. The molecule has 0 spiro atoms. The Morgan fingerprint density at radius 2 is 1.46 bits per heavy atom. The van der Waals surface area contributed by atoms with Crippen LogP contribution < -0.4 is 0 Å². The molecule has 35 heavy (non-hydrogen) atoms. The number of benzene rings is 1. The van der Waals surface area contributed by atoms with Crippen molar-refractivity contribution in [1.82, 2.24) is 0 Å². The van der Waals surface area contributed by atoms with Crippen LogP contribution in [0.4, 0.5) is 0 Å². The van der Waals surface area contributed by atoms with E-state index in [1.54, 1.807) is 36.4 Å². The molecule has 2 rings (SSSR count). The first kappa shape index (κ1) is 27.5. The van der Waals surface area contributed by atoms with E-state index in [0.717, 1.165) is 26.3 Å². The first-order valence-corrected chi connectivity index (χ1v) is 10.7. The first-order valence-electron chi connectivity index (χ1n) is 10.7. The van der Waals surface area contributed by atoms with Crippen molar-refractivity contribution < 1.29 is 47.6 Å². The molecule has 0 aliphatic carbocycles. The van der Waals surface area contributed by atoms with Gasteiger partial charge >= 0.3 is 23.9 Å². The van der Waals surface area contributed by atoms with Crippen LogP contribution in [0.5, 0.6) is 0 Å². The molecule has 0 unspecified atom stereocenters. The smallest absolute Gasteiger partial charge is 0.303 e. The van der Waals surface area contributed by atoms with Crippen LogP contribution in [0.3, 0.4) is 0 Å². The van der Waals surface area contributed by atoms with Gasteiger partial charge in [-0.2, -0.15) is 5.26 Å². The molecule has 1 saturated heterocycles. The van der Waals surface area contributed by atoms with Crippen LogP contribution in [0.2, 0.25) is 0 Å². The molecular weight excluding hydrogens is 462 g/mol. The minimum Gasteiger partial charge on any atom is -0.463 e. The third-order valence-corrected chi connectivity index (χ3v) is 4.65. The Bertz CT molecular complexity index is 981. The van der Waals surface area contributed by atoms with Crippen molar-refractivity contribution in [3.63, 3.8) is 0 Å². The molecule has 0 amide bonds. The number of hydrogen-bond acceptors (Lipinski definition) is 11. The topological polar surface area (TPSA) is 147 Å². The van der Waals surface area contributed by atoms with Gasteiger partial charge in [-0.1, -0.05) is 24.3 Å². The first-order chi connectivity index (χ1) is 16.6. The lowest BCUT2D eigenvalue weighted by atomic mass is 9.98. The number of nitrogens with zero attached hydrogens (tertiary/aromatic N) is 1. The summed E-state index contributed by atoms with van der Waals surface area (Å²) < 4.78 is 32.6. The van der Waals surface area contributed by atoms with E-state index >= 15 is 0 Å². The number of ether oxygens (including phenoxy) is 6. The third-order valence-electron chi connectivity index (χ3n) is 4.65. The van der Waals surface area contributed by atoms with Crippen molar-refractivity contribution >= 4 is 30.0 Å². The minimum absolute atomic E-state index is 0.00621. The fraction of sp³-hybridized carbons (Fsp3) is 0.458. The van der Waals surface area contributed by atoms with Gasteiger partial charge in [0, 0.05) is 27.7 Å². The van der Waals surface area contributed by atoms with Crippen LogP contribution in [0, 0.1) is 11.3 Å². The Kier molecular flexibility index (Phi) is 10.4. The van der Waals surface area contributed by atoms with Gasteiger partial charge in [-0.05, 0) is 17.7 Å². The van der Waals surface area contributed by atoms with Gasteiger partial charge in [0.25, 0.3) is 0 Å². The van der Waals surface area contributed by atoms with Crippen LogP contribution in [-0.4, -0.2) is 67.8 Å². The van der Waals surface area contributed by atoms with E-state index in [1.807, 2.05) is 6.07 Å². The highest BCUT2D eigenvalue weighted by Crippen LogP contribution is 2.30. The van der Waals surface area contributed by atoms with Crippen LogP contribution in [0.1, 0.15) is 38.8 Å². The maximum atomic E-state index is 11.8. The highest BCUT2D eigenvalue weighted by Gasteiger charge is 2.52. The fourth-order valence-corrected chi connectivity index (χ4v) is 3.33. The van der Waals surface area contributed by atoms with Gasteiger partial charge in [-0.25, -0.2) is 0 Å². The molecule has 0 aromatic heterocycles. The molecule has 188 valence electrons. The Morgan fingerprint density at radius 1 is 0.886 bits per heavy atom. The molecule has 1 fully saturated rings. The standard InChI is InChI=1S/C24H27NO10/c1-14(26)31-13-20-21(32-15(2)27)22(33-16(3)28)23(34-17(4)29)24(35-20)30-11-5-6-18-7-9-19(12-25)10-8-18/h5-10,20-24H,11,13H2,1-4H3/b6-5+/t20-,21-,22+,23-,24-/m1/s1. The molecule has 11 heteroatoms. The van der Waals surface area contributed by atoms with Crippen molar-refractivity contribution in [2.45, 2.75) is 58.4 Å². The molecule has 11 nitrogen and oxygen atoms in total. The zero-order valence-electron chi connectivity index (χ0n) is 19.8. The number of esters is 4. The summed E-state index contributed by atoms with van der Waals surface area (Å²) in [6.45, 7) is 4.29. The summed E-state index contributed by atoms with van der Waals surface area (Å²) in [7, 11) is 0. The molecule has 0 N–H and O–H groups in total. The Morgan fingerprint density at radius 3 is 2.00 bits per heavy atom. The highest BCUT2D eigenvalue weighted by molar-refractivity contribution is 5.68. The Labute approximate surface area is 202 Å². The van der Waals surface area contributed by atoms with E-state index in [-0.39, 0.29) is 13.2 Å². The molecule has 1 aliphatic heterocycles. The van der Waals surface area contributed by atoms with Gasteiger partial charge in [0.15, 0.2) is 24.6 Å². The van der Waals surface area contributed by atoms with Crippen molar-refractivity contribution in [3.05, 3.63) is 41.5 Å². The van der Waals surface area contributed by atoms with E-state index in [2.05, 4.69) is 0 Å². The number of carbonyl (C=O) groups excluding carboxylic acids is 4. The summed E-state index contributed by atoms with van der Waals surface area (Å²) in [5.41, 5.74) is 1.34. The summed E-state index contributed by atoms with van der Waals surface area (Å²) in [6.07, 6.45) is -2.73. The van der Waals surface area contributed by atoms with Crippen LogP contribution in [0.15, 0.2) is 30.3 Å². The summed E-state index contributed by atoms with van der Waals surface area (Å²) in [6, 6.07) is 8.87. The molecular formula is C24H27NO10. The van der Waals surface area contributed by atoms with Crippen LogP contribution >= 0.6 is 0 Å². The number of rotatable bonds is 9. The highest BCUT2D eigenvalue weighted by atomic mass is 16.7. The van der Waals surface area contributed by atoms with E-state index in [9.17, 15) is 19.2 Å².